The molecule has 4 rings (SSSR count). The highest BCUT2D eigenvalue weighted by molar-refractivity contribution is 7.15. The average Bonchev–Trinajstić information content (AvgIpc) is 3.36. The van der Waals surface area contributed by atoms with Crippen molar-refractivity contribution >= 4 is 28.1 Å². The van der Waals surface area contributed by atoms with Gasteiger partial charge in [-0.25, -0.2) is 9.37 Å². The fourth-order valence-corrected chi connectivity index (χ4v) is 4.02. The van der Waals surface area contributed by atoms with E-state index in [-0.39, 0.29) is 36.9 Å². The molecule has 6 nitrogen and oxygen atoms in total. The second kappa shape index (κ2) is 9.09. The van der Waals surface area contributed by atoms with Crippen LogP contribution in [0.25, 0.3) is 16.2 Å². The molecule has 2 heterocycles. The molecule has 0 radical (unpaired) electrons. The van der Waals surface area contributed by atoms with E-state index in [1.54, 1.807) is 19.1 Å². The molecule has 0 aliphatic heterocycles. The Labute approximate surface area is 182 Å². The van der Waals surface area contributed by atoms with E-state index in [0.29, 0.717) is 5.56 Å². The molecule has 2 N–H and O–H groups in total. The Morgan fingerprint density at radius 1 is 1.10 bits per heavy atom. The third kappa shape index (κ3) is 4.80. The predicted octanol–water partition coefficient (Wildman–Crippen LogP) is 3.60. The quantitative estimate of drug-likeness (QED) is 0.435. The zero-order chi connectivity index (χ0) is 21.8. The van der Waals surface area contributed by atoms with Gasteiger partial charge in [0.2, 0.25) is 5.91 Å². The molecule has 8 heteroatoms. The number of carbonyl (C=O) groups is 2. The van der Waals surface area contributed by atoms with Gasteiger partial charge in [0.15, 0.2) is 4.96 Å². The van der Waals surface area contributed by atoms with E-state index in [4.69, 9.17) is 0 Å². The Morgan fingerprint density at radius 3 is 2.65 bits per heavy atom. The molecule has 31 heavy (non-hydrogen) atoms. The summed E-state index contributed by atoms with van der Waals surface area (Å²) in [4.78, 5) is 29.9. The van der Waals surface area contributed by atoms with E-state index in [1.807, 2.05) is 46.3 Å². The van der Waals surface area contributed by atoms with E-state index >= 15 is 0 Å². The van der Waals surface area contributed by atoms with Crippen molar-refractivity contribution in [2.75, 3.05) is 13.1 Å². The minimum Gasteiger partial charge on any atom is -0.354 e. The lowest BCUT2D eigenvalue weighted by Gasteiger charge is -2.08. The number of nitrogens with zero attached hydrogens (tertiary/aromatic N) is 2. The summed E-state index contributed by atoms with van der Waals surface area (Å²) < 4.78 is 15.5. The van der Waals surface area contributed by atoms with Crippen molar-refractivity contribution in [3.05, 3.63) is 82.7 Å². The van der Waals surface area contributed by atoms with Crippen LogP contribution in [-0.4, -0.2) is 34.3 Å². The number of benzene rings is 2. The monoisotopic (exact) mass is 436 g/mol. The van der Waals surface area contributed by atoms with Crippen molar-refractivity contribution in [3.63, 3.8) is 0 Å². The maximum absolute atomic E-state index is 13.6. The maximum atomic E-state index is 13.6. The van der Waals surface area contributed by atoms with Gasteiger partial charge < -0.3 is 10.6 Å². The normalized spacial score (nSPS) is 10.9. The van der Waals surface area contributed by atoms with Crippen LogP contribution in [0.15, 0.2) is 60.1 Å². The van der Waals surface area contributed by atoms with Crippen molar-refractivity contribution in [2.45, 2.75) is 13.3 Å². The first-order valence-corrected chi connectivity index (χ1v) is 10.7. The zero-order valence-electron chi connectivity index (χ0n) is 16.9. The van der Waals surface area contributed by atoms with Crippen LogP contribution >= 0.6 is 11.3 Å². The molecule has 4 aromatic rings. The molecule has 0 spiro atoms. The molecule has 0 aliphatic rings. The molecule has 2 amide bonds. The largest absolute Gasteiger partial charge is 0.354 e. The molecule has 158 valence electrons. The highest BCUT2D eigenvalue weighted by Crippen LogP contribution is 2.23. The van der Waals surface area contributed by atoms with E-state index in [9.17, 15) is 14.0 Å². The summed E-state index contributed by atoms with van der Waals surface area (Å²) in [6, 6.07) is 14.2. The molecular formula is C23H21FN4O2S. The summed E-state index contributed by atoms with van der Waals surface area (Å²) in [7, 11) is 0. The summed E-state index contributed by atoms with van der Waals surface area (Å²) in [5, 5.41) is 7.39. The van der Waals surface area contributed by atoms with E-state index in [0.717, 1.165) is 21.9 Å². The number of amides is 2. The Hall–Kier alpha value is -3.52. The van der Waals surface area contributed by atoms with Gasteiger partial charge in [0, 0.05) is 41.5 Å². The lowest BCUT2D eigenvalue weighted by atomic mass is 10.1. The number of aromatic nitrogens is 2. The van der Waals surface area contributed by atoms with Gasteiger partial charge in [0.1, 0.15) is 5.82 Å². The molecule has 0 atom stereocenters. The van der Waals surface area contributed by atoms with Crippen molar-refractivity contribution in [3.8, 4) is 11.3 Å². The first kappa shape index (κ1) is 20.7. The number of imidazole rings is 1. The van der Waals surface area contributed by atoms with Crippen LogP contribution in [0, 0.1) is 12.7 Å². The standard InChI is InChI=1S/C23H21FN4O2S/c1-15-7-8-17(11-19(15)24)22(30)26-10-9-25-21(29)12-18-14-31-23-27-20(13-28(18)23)16-5-3-2-4-6-16/h2-8,11,13-14H,9-10,12H2,1H3,(H,25,29)(H,26,30). The summed E-state index contributed by atoms with van der Waals surface area (Å²) in [6.07, 6.45) is 2.15. The number of thiazole rings is 1. The summed E-state index contributed by atoms with van der Waals surface area (Å²) in [6.45, 7) is 2.17. The number of carbonyl (C=O) groups excluding carboxylic acids is 2. The summed E-state index contributed by atoms with van der Waals surface area (Å²) in [5.41, 5.74) is 3.48. The van der Waals surface area contributed by atoms with Gasteiger partial charge in [-0.05, 0) is 24.6 Å². The fraction of sp³-hybridized carbons (Fsp3) is 0.174. The average molecular weight is 437 g/mol. The minimum atomic E-state index is -0.419. The topological polar surface area (TPSA) is 75.5 Å². The Kier molecular flexibility index (Phi) is 6.08. The van der Waals surface area contributed by atoms with Gasteiger partial charge in [-0.3, -0.25) is 14.0 Å². The van der Waals surface area contributed by atoms with Gasteiger partial charge in [-0.15, -0.1) is 11.3 Å². The highest BCUT2D eigenvalue weighted by Gasteiger charge is 2.13. The smallest absolute Gasteiger partial charge is 0.251 e. The summed E-state index contributed by atoms with van der Waals surface area (Å²) in [5.74, 6) is -0.942. The van der Waals surface area contributed by atoms with Gasteiger partial charge in [-0.1, -0.05) is 36.4 Å². The van der Waals surface area contributed by atoms with Crippen molar-refractivity contribution in [2.24, 2.45) is 0 Å². The first-order valence-electron chi connectivity index (χ1n) is 9.83. The third-order valence-electron chi connectivity index (χ3n) is 4.86. The Bertz CT molecular complexity index is 1230. The van der Waals surface area contributed by atoms with Gasteiger partial charge in [0.25, 0.3) is 5.91 Å². The van der Waals surface area contributed by atoms with E-state index in [2.05, 4.69) is 15.6 Å². The lowest BCUT2D eigenvalue weighted by molar-refractivity contribution is -0.120. The van der Waals surface area contributed by atoms with Crippen LogP contribution in [0.3, 0.4) is 0 Å². The number of aryl methyl sites for hydroxylation is 1. The SMILES string of the molecule is Cc1ccc(C(=O)NCCNC(=O)Cc2csc3nc(-c4ccccc4)cn23)cc1F. The predicted molar refractivity (Wildman–Crippen MR) is 119 cm³/mol. The van der Waals surface area contributed by atoms with Crippen molar-refractivity contribution in [1.29, 1.82) is 0 Å². The molecule has 0 bridgehead atoms. The third-order valence-corrected chi connectivity index (χ3v) is 5.75. The zero-order valence-corrected chi connectivity index (χ0v) is 17.7. The molecule has 0 saturated carbocycles. The summed E-state index contributed by atoms with van der Waals surface area (Å²) >= 11 is 1.49. The van der Waals surface area contributed by atoms with Crippen molar-refractivity contribution in [1.82, 2.24) is 20.0 Å². The number of rotatable bonds is 7. The Balaban J connectivity index is 1.29. The van der Waals surface area contributed by atoms with Crippen LogP contribution in [0.2, 0.25) is 0 Å². The molecular weight excluding hydrogens is 415 g/mol. The molecule has 0 aliphatic carbocycles. The van der Waals surface area contributed by atoms with Gasteiger partial charge in [0.05, 0.1) is 12.1 Å². The van der Waals surface area contributed by atoms with Crippen molar-refractivity contribution < 1.29 is 14.0 Å². The highest BCUT2D eigenvalue weighted by atomic mass is 32.1. The number of hydrogen-bond donors (Lipinski definition) is 2. The first-order chi connectivity index (χ1) is 15.0. The van der Waals surface area contributed by atoms with Crippen LogP contribution in [0.4, 0.5) is 4.39 Å². The number of fused-ring (bicyclic) bond motifs is 1. The number of halogens is 1. The fourth-order valence-electron chi connectivity index (χ4n) is 3.15. The Morgan fingerprint density at radius 2 is 1.87 bits per heavy atom. The molecule has 0 saturated heterocycles. The molecule has 0 unspecified atom stereocenters. The van der Waals surface area contributed by atoms with Crippen LogP contribution in [0.5, 0.6) is 0 Å². The van der Waals surface area contributed by atoms with Gasteiger partial charge in [-0.2, -0.15) is 0 Å². The second-order valence-electron chi connectivity index (χ2n) is 7.12. The van der Waals surface area contributed by atoms with Crippen LogP contribution < -0.4 is 10.6 Å². The molecule has 2 aromatic heterocycles. The number of hydrogen-bond acceptors (Lipinski definition) is 4. The van der Waals surface area contributed by atoms with Gasteiger partial charge >= 0.3 is 0 Å². The van der Waals surface area contributed by atoms with E-state index in [1.165, 1.54) is 17.4 Å². The molecule has 2 aromatic carbocycles. The lowest BCUT2D eigenvalue weighted by Crippen LogP contribution is -2.35. The number of nitrogens with one attached hydrogen (secondary N) is 2. The molecule has 0 fully saturated rings. The van der Waals surface area contributed by atoms with E-state index < -0.39 is 5.82 Å². The second-order valence-corrected chi connectivity index (χ2v) is 7.95. The van der Waals surface area contributed by atoms with Crippen LogP contribution in [-0.2, 0) is 11.2 Å². The minimum absolute atomic E-state index is 0.148. The maximum Gasteiger partial charge on any atom is 0.251 e. The van der Waals surface area contributed by atoms with Crippen LogP contribution in [0.1, 0.15) is 21.6 Å².